The maximum absolute atomic E-state index is 2.48. The summed E-state index contributed by atoms with van der Waals surface area (Å²) in [6.07, 6.45) is 2.57. The second-order valence-electron chi connectivity index (χ2n) is 5.10. The van der Waals surface area contributed by atoms with Gasteiger partial charge in [-0.3, -0.25) is 0 Å². The van der Waals surface area contributed by atoms with E-state index in [2.05, 4.69) is 51.7 Å². The van der Waals surface area contributed by atoms with Gasteiger partial charge in [-0.2, -0.15) is 0 Å². The van der Waals surface area contributed by atoms with E-state index in [0.717, 1.165) is 5.92 Å². The summed E-state index contributed by atoms with van der Waals surface area (Å²) in [6, 6.07) is 0.705. The Hall–Kier alpha value is -0.0800. The number of rotatable bonds is 7. The third kappa shape index (κ3) is 18.3. The zero-order valence-electron chi connectivity index (χ0n) is 14.9. The van der Waals surface area contributed by atoms with Gasteiger partial charge in [0.15, 0.2) is 0 Å². The van der Waals surface area contributed by atoms with Gasteiger partial charge in [-0.1, -0.05) is 41.5 Å². The molecule has 1 atom stereocenters. The average Bonchev–Trinajstić information content (AvgIpc) is 2.37. The van der Waals surface area contributed by atoms with Crippen LogP contribution in [0.1, 0.15) is 61.3 Å². The zero-order valence-corrected chi connectivity index (χ0v) is 14.9. The lowest BCUT2D eigenvalue weighted by atomic mass is 10.1. The Morgan fingerprint density at radius 2 is 1.17 bits per heavy atom. The number of hydrogen-bond donors (Lipinski definition) is 0. The molecule has 2 heteroatoms. The zero-order chi connectivity index (χ0) is 15.1. The van der Waals surface area contributed by atoms with Crippen LogP contribution in [0.5, 0.6) is 0 Å². The fraction of sp³-hybridized carbons (Fsp3) is 1.00. The lowest BCUT2D eigenvalue weighted by Gasteiger charge is -2.26. The van der Waals surface area contributed by atoms with Crippen LogP contribution in [-0.2, 0) is 0 Å². The highest BCUT2D eigenvalue weighted by molar-refractivity contribution is 4.65. The van der Waals surface area contributed by atoms with Gasteiger partial charge in [0.2, 0.25) is 0 Å². The quantitative estimate of drug-likeness (QED) is 0.671. The molecule has 0 aromatic carbocycles. The summed E-state index contributed by atoms with van der Waals surface area (Å²) in [5, 5.41) is 0. The van der Waals surface area contributed by atoms with Crippen LogP contribution in [0.3, 0.4) is 0 Å². The maximum Gasteiger partial charge on any atom is 0.00760 e. The molecule has 2 nitrogen and oxygen atoms in total. The molecule has 0 saturated heterocycles. The predicted octanol–water partition coefficient (Wildman–Crippen LogP) is 4.36. The molecule has 0 bridgehead atoms. The van der Waals surface area contributed by atoms with Gasteiger partial charge in [-0.05, 0) is 59.9 Å². The molecular formula is C16H40N2. The highest BCUT2D eigenvalue weighted by Gasteiger charge is 2.09. The van der Waals surface area contributed by atoms with E-state index < -0.39 is 0 Å². The standard InChI is InChI=1S/C12H28N2.2C2H6/c1-11(2)7-10-14(6)12(3)8-9-13(4)5;2*1-2/h11-12H,7-10H2,1-6H3;2*1-2H3. The van der Waals surface area contributed by atoms with Crippen LogP contribution < -0.4 is 0 Å². The second-order valence-corrected chi connectivity index (χ2v) is 5.10. The monoisotopic (exact) mass is 260 g/mol. The minimum absolute atomic E-state index is 0.705. The van der Waals surface area contributed by atoms with E-state index in [-0.39, 0.29) is 0 Å². The van der Waals surface area contributed by atoms with Crippen LogP contribution in [0.15, 0.2) is 0 Å². The van der Waals surface area contributed by atoms with Crippen LogP contribution in [-0.4, -0.2) is 50.1 Å². The summed E-state index contributed by atoms with van der Waals surface area (Å²) in [4.78, 5) is 4.73. The third-order valence-electron chi connectivity index (χ3n) is 2.81. The smallest absolute Gasteiger partial charge is 0.00760 e. The predicted molar refractivity (Wildman–Crippen MR) is 87.4 cm³/mol. The maximum atomic E-state index is 2.48. The minimum atomic E-state index is 0.705. The van der Waals surface area contributed by atoms with Gasteiger partial charge in [-0.15, -0.1) is 0 Å². The molecule has 0 heterocycles. The Balaban J connectivity index is -0.000000506. The summed E-state index contributed by atoms with van der Waals surface area (Å²) in [5.41, 5.74) is 0. The lowest BCUT2D eigenvalue weighted by Crippen LogP contribution is -2.33. The Labute approximate surface area is 118 Å². The van der Waals surface area contributed by atoms with Crippen molar-refractivity contribution in [1.82, 2.24) is 9.80 Å². The van der Waals surface area contributed by atoms with E-state index in [4.69, 9.17) is 0 Å². The molecule has 0 fully saturated rings. The molecule has 0 amide bonds. The van der Waals surface area contributed by atoms with Crippen molar-refractivity contribution in [2.45, 2.75) is 67.3 Å². The first-order valence-corrected chi connectivity index (χ1v) is 7.78. The fourth-order valence-corrected chi connectivity index (χ4v) is 1.35. The van der Waals surface area contributed by atoms with E-state index in [9.17, 15) is 0 Å². The van der Waals surface area contributed by atoms with Crippen molar-refractivity contribution in [1.29, 1.82) is 0 Å². The Morgan fingerprint density at radius 3 is 1.50 bits per heavy atom. The van der Waals surface area contributed by atoms with Gasteiger partial charge in [0.25, 0.3) is 0 Å². The van der Waals surface area contributed by atoms with Crippen LogP contribution in [0.4, 0.5) is 0 Å². The molecule has 0 aliphatic carbocycles. The highest BCUT2D eigenvalue weighted by Crippen LogP contribution is 2.06. The molecule has 0 rings (SSSR count). The Kier molecular flexibility index (Phi) is 21.7. The molecule has 1 unspecified atom stereocenters. The normalized spacial score (nSPS) is 11.8. The Bertz CT molecular complexity index is 117. The topological polar surface area (TPSA) is 6.48 Å². The van der Waals surface area contributed by atoms with Gasteiger partial charge >= 0.3 is 0 Å². The summed E-state index contributed by atoms with van der Waals surface area (Å²) in [6.45, 7) is 17.3. The van der Waals surface area contributed by atoms with Gasteiger partial charge in [-0.25, -0.2) is 0 Å². The molecular weight excluding hydrogens is 220 g/mol. The molecule has 0 aliphatic heterocycles. The van der Waals surface area contributed by atoms with E-state index >= 15 is 0 Å². The van der Waals surface area contributed by atoms with Crippen LogP contribution in [0.2, 0.25) is 0 Å². The molecule has 0 aliphatic rings. The van der Waals surface area contributed by atoms with Gasteiger partial charge in [0.1, 0.15) is 0 Å². The van der Waals surface area contributed by atoms with Crippen LogP contribution >= 0.6 is 0 Å². The second kappa shape index (κ2) is 16.9. The molecule has 0 spiro atoms. The summed E-state index contributed by atoms with van der Waals surface area (Å²) in [7, 11) is 6.52. The van der Waals surface area contributed by atoms with Crippen molar-refractivity contribution in [2.75, 3.05) is 34.2 Å². The lowest BCUT2D eigenvalue weighted by molar-refractivity contribution is 0.217. The average molecular weight is 261 g/mol. The number of hydrogen-bond acceptors (Lipinski definition) is 2. The van der Waals surface area contributed by atoms with Crippen molar-refractivity contribution in [3.63, 3.8) is 0 Å². The molecule has 0 radical (unpaired) electrons. The van der Waals surface area contributed by atoms with E-state index in [1.54, 1.807) is 0 Å². The molecule has 0 aromatic heterocycles. The minimum Gasteiger partial charge on any atom is -0.309 e. The summed E-state index contributed by atoms with van der Waals surface area (Å²) >= 11 is 0. The van der Waals surface area contributed by atoms with Crippen molar-refractivity contribution < 1.29 is 0 Å². The first-order valence-electron chi connectivity index (χ1n) is 7.78. The molecule has 18 heavy (non-hydrogen) atoms. The molecule has 0 N–H and O–H groups in total. The summed E-state index contributed by atoms with van der Waals surface area (Å²) in [5.74, 6) is 0.818. The van der Waals surface area contributed by atoms with Crippen LogP contribution in [0, 0.1) is 5.92 Å². The SMILES string of the molecule is CC.CC.CC(C)CCN(C)C(C)CCN(C)C. The van der Waals surface area contributed by atoms with Crippen LogP contribution in [0.25, 0.3) is 0 Å². The molecule has 0 saturated carbocycles. The van der Waals surface area contributed by atoms with Gasteiger partial charge in [0, 0.05) is 6.04 Å². The van der Waals surface area contributed by atoms with Crippen molar-refractivity contribution in [3.05, 3.63) is 0 Å². The molecule has 0 aromatic rings. The van der Waals surface area contributed by atoms with Gasteiger partial charge < -0.3 is 9.80 Å². The van der Waals surface area contributed by atoms with Gasteiger partial charge in [0.05, 0.1) is 0 Å². The van der Waals surface area contributed by atoms with E-state index in [1.807, 2.05) is 27.7 Å². The van der Waals surface area contributed by atoms with Crippen molar-refractivity contribution >= 4 is 0 Å². The van der Waals surface area contributed by atoms with E-state index in [0.29, 0.717) is 6.04 Å². The first kappa shape index (κ1) is 23.0. The number of nitrogens with zero attached hydrogens (tertiary/aromatic N) is 2. The largest absolute Gasteiger partial charge is 0.309 e. The van der Waals surface area contributed by atoms with E-state index in [1.165, 1.54) is 25.9 Å². The summed E-state index contributed by atoms with van der Waals surface area (Å²) < 4.78 is 0. The van der Waals surface area contributed by atoms with Crippen molar-refractivity contribution in [2.24, 2.45) is 5.92 Å². The highest BCUT2D eigenvalue weighted by atomic mass is 15.1. The molecule has 114 valence electrons. The van der Waals surface area contributed by atoms with Crippen molar-refractivity contribution in [3.8, 4) is 0 Å². The Morgan fingerprint density at radius 1 is 0.722 bits per heavy atom. The first-order chi connectivity index (χ1) is 8.43. The fourth-order valence-electron chi connectivity index (χ4n) is 1.35. The third-order valence-corrected chi connectivity index (χ3v) is 2.81.